The highest BCUT2D eigenvalue weighted by molar-refractivity contribution is 8.00. The number of hydrazine groups is 1. The molecule has 14 heteroatoms. The van der Waals surface area contributed by atoms with Crippen LogP contribution in [-0.2, 0) is 9.59 Å². The summed E-state index contributed by atoms with van der Waals surface area (Å²) in [6, 6.07) is 7.88. The highest BCUT2D eigenvalue weighted by Gasteiger charge is 2.69. The minimum absolute atomic E-state index is 0.00363. The van der Waals surface area contributed by atoms with E-state index in [-0.39, 0.29) is 62.1 Å². The number of thioether (sulfide) groups is 1. The third-order valence-electron chi connectivity index (χ3n) is 7.99. The molecule has 2 aliphatic carbocycles. The predicted octanol–water partition coefficient (Wildman–Crippen LogP) is 3.44. The molecule has 0 spiro atoms. The van der Waals surface area contributed by atoms with Crippen LogP contribution in [0.5, 0.6) is 5.75 Å². The van der Waals surface area contributed by atoms with E-state index in [4.69, 9.17) is 27.9 Å². The van der Waals surface area contributed by atoms with Crippen LogP contribution in [-0.4, -0.2) is 49.1 Å². The third-order valence-corrected chi connectivity index (χ3v) is 10.9. The number of aromatic nitrogens is 4. The summed E-state index contributed by atoms with van der Waals surface area (Å²) in [5, 5.41) is 1.67. The minimum atomic E-state index is -0.461. The Labute approximate surface area is 228 Å². The summed E-state index contributed by atoms with van der Waals surface area (Å²) < 4.78 is 5.34. The zero-order valence-corrected chi connectivity index (χ0v) is 22.2. The van der Waals surface area contributed by atoms with E-state index in [0.29, 0.717) is 0 Å². The smallest absolute Gasteiger partial charge is 0.305 e. The maximum absolute atomic E-state index is 13.6. The molecule has 2 aromatic heterocycles. The van der Waals surface area contributed by atoms with Crippen LogP contribution in [0.15, 0.2) is 34.1 Å². The standard InChI is InChI=1S/C23H18Cl2N6O4S2/c1-35-8-4-2-7(3-5-8)11-12-9-6-10(15(12)36-17-16(11)37-23(34)26-17)14-13(9)18(32)31(19(14)33)30-22-28-20(24)27-21(25)29-22/h2-5,9-15H,6H2,1H3,(H,26,34)(H,27,28,29,30)/t9-,10-,11?,12?,13?,14?,15?/m1/s1. The molecule has 2 N–H and O–H groups in total. The van der Waals surface area contributed by atoms with Gasteiger partial charge < -0.3 is 9.72 Å². The number of thiazole rings is 1. The average Bonchev–Trinajstić information content (AvgIpc) is 3.59. The number of nitrogens with zero attached hydrogens (tertiary/aromatic N) is 4. The van der Waals surface area contributed by atoms with Crippen molar-refractivity contribution in [1.29, 1.82) is 0 Å². The van der Waals surface area contributed by atoms with Gasteiger partial charge in [-0.15, -0.1) is 11.8 Å². The fourth-order valence-electron chi connectivity index (χ4n) is 6.79. The zero-order valence-electron chi connectivity index (χ0n) is 19.1. The number of fused-ring (bicyclic) bond motifs is 9. The molecule has 7 atom stereocenters. The fourth-order valence-corrected chi connectivity index (χ4v) is 10.0. The van der Waals surface area contributed by atoms with Gasteiger partial charge in [0, 0.05) is 16.0 Å². The first kappa shape index (κ1) is 23.4. The number of H-pyrrole nitrogens is 1. The number of halogens is 2. The molecule has 7 rings (SSSR count). The van der Waals surface area contributed by atoms with Crippen molar-refractivity contribution in [2.45, 2.75) is 22.6 Å². The van der Waals surface area contributed by atoms with Gasteiger partial charge in [0.1, 0.15) is 5.75 Å². The molecular weight excluding hydrogens is 559 g/mol. The summed E-state index contributed by atoms with van der Waals surface area (Å²) in [5.41, 5.74) is 3.78. The Bertz CT molecular complexity index is 1490. The van der Waals surface area contributed by atoms with Crippen LogP contribution in [0.1, 0.15) is 22.8 Å². The number of imide groups is 1. The number of methoxy groups -OCH3 is 1. The number of carbonyl (C=O) groups is 2. The van der Waals surface area contributed by atoms with Crippen molar-refractivity contribution in [2.75, 3.05) is 12.5 Å². The number of amides is 2. The van der Waals surface area contributed by atoms with Crippen molar-refractivity contribution in [3.8, 4) is 5.75 Å². The van der Waals surface area contributed by atoms with Crippen LogP contribution in [0.4, 0.5) is 5.95 Å². The average molecular weight is 577 g/mol. The number of rotatable bonds is 4. The molecular formula is C23H18Cl2N6O4S2. The van der Waals surface area contributed by atoms with Gasteiger partial charge in [-0.2, -0.15) is 20.0 Å². The quantitative estimate of drug-likeness (QED) is 0.448. The molecule has 3 aromatic rings. The number of nitrogens with one attached hydrogen (secondary N) is 2. The summed E-state index contributed by atoms with van der Waals surface area (Å²) in [7, 11) is 1.62. The number of ether oxygens (including phenoxy) is 1. The predicted molar refractivity (Wildman–Crippen MR) is 137 cm³/mol. The Morgan fingerprint density at radius 1 is 1.03 bits per heavy atom. The molecule has 3 fully saturated rings. The molecule has 37 heavy (non-hydrogen) atoms. The third kappa shape index (κ3) is 3.45. The summed E-state index contributed by atoms with van der Waals surface area (Å²) in [6.45, 7) is 0. The lowest BCUT2D eigenvalue weighted by molar-refractivity contribution is -0.139. The lowest BCUT2D eigenvalue weighted by Crippen LogP contribution is -2.42. The van der Waals surface area contributed by atoms with Gasteiger partial charge in [0.05, 0.1) is 24.0 Å². The lowest BCUT2D eigenvalue weighted by atomic mass is 9.68. The van der Waals surface area contributed by atoms with Crippen molar-refractivity contribution >= 4 is 64.1 Å². The Hall–Kier alpha value is -2.67. The maximum atomic E-state index is 13.6. The number of benzene rings is 1. The first-order chi connectivity index (χ1) is 17.8. The van der Waals surface area contributed by atoms with E-state index in [1.165, 1.54) is 11.3 Å². The molecule has 10 nitrogen and oxygen atoms in total. The summed E-state index contributed by atoms with van der Waals surface area (Å²) in [6.07, 6.45) is 0.790. The van der Waals surface area contributed by atoms with Gasteiger partial charge >= 0.3 is 4.87 Å². The second-order valence-corrected chi connectivity index (χ2v) is 12.4. The normalized spacial score (nSPS) is 31.3. The second-order valence-electron chi connectivity index (χ2n) is 9.55. The molecule has 4 heterocycles. The zero-order chi connectivity index (χ0) is 25.6. The van der Waals surface area contributed by atoms with Gasteiger partial charge in [0.25, 0.3) is 11.8 Å². The summed E-state index contributed by atoms with van der Waals surface area (Å²) >= 11 is 14.6. The van der Waals surface area contributed by atoms with E-state index in [0.717, 1.165) is 32.6 Å². The van der Waals surface area contributed by atoms with Crippen LogP contribution in [0.25, 0.3) is 0 Å². The van der Waals surface area contributed by atoms with E-state index < -0.39 is 11.8 Å². The number of hydrogen-bond acceptors (Lipinski definition) is 10. The van der Waals surface area contributed by atoms with Crippen molar-refractivity contribution in [2.24, 2.45) is 29.6 Å². The number of anilines is 1. The molecule has 190 valence electrons. The van der Waals surface area contributed by atoms with E-state index in [1.807, 2.05) is 24.3 Å². The van der Waals surface area contributed by atoms with Crippen molar-refractivity contribution in [3.05, 3.63) is 54.9 Å². The molecule has 1 saturated heterocycles. The second kappa shape index (κ2) is 8.42. The van der Waals surface area contributed by atoms with Gasteiger partial charge in [-0.1, -0.05) is 23.5 Å². The van der Waals surface area contributed by atoms with Gasteiger partial charge in [-0.05, 0) is 65.1 Å². The van der Waals surface area contributed by atoms with Crippen LogP contribution >= 0.6 is 46.3 Å². The molecule has 2 bridgehead atoms. The van der Waals surface area contributed by atoms with Crippen LogP contribution in [0.3, 0.4) is 0 Å². The lowest BCUT2D eigenvalue weighted by Gasteiger charge is -2.43. The molecule has 5 unspecified atom stereocenters. The highest BCUT2D eigenvalue weighted by Crippen LogP contribution is 2.68. The summed E-state index contributed by atoms with van der Waals surface area (Å²) in [5.74, 6) is -0.818. The number of carbonyl (C=O) groups excluding carboxylic acids is 2. The van der Waals surface area contributed by atoms with E-state index in [2.05, 4.69) is 25.4 Å². The largest absolute Gasteiger partial charge is 0.497 e. The SMILES string of the molecule is COc1ccc(C2c3sc(=O)[nH]c3SC3C2[C@H]2C[C@@H]3C3C(=O)N(Nc4nc(Cl)nc(Cl)n4)C(=O)C32)cc1. The molecule has 2 aliphatic heterocycles. The highest BCUT2D eigenvalue weighted by atomic mass is 35.5. The van der Waals surface area contributed by atoms with Crippen molar-refractivity contribution in [3.63, 3.8) is 0 Å². The van der Waals surface area contributed by atoms with E-state index in [1.54, 1.807) is 18.9 Å². The van der Waals surface area contributed by atoms with E-state index >= 15 is 0 Å². The van der Waals surface area contributed by atoms with Crippen LogP contribution in [0, 0.1) is 29.6 Å². The molecule has 1 aromatic carbocycles. The van der Waals surface area contributed by atoms with Crippen molar-refractivity contribution in [1.82, 2.24) is 24.9 Å². The number of aromatic amines is 1. The Balaban J connectivity index is 1.26. The Morgan fingerprint density at radius 2 is 1.70 bits per heavy atom. The van der Waals surface area contributed by atoms with E-state index in [9.17, 15) is 14.4 Å². The van der Waals surface area contributed by atoms with Gasteiger partial charge in [-0.25, -0.2) is 0 Å². The maximum Gasteiger partial charge on any atom is 0.305 e. The van der Waals surface area contributed by atoms with Gasteiger partial charge in [-0.3, -0.25) is 19.8 Å². The molecule has 0 radical (unpaired) electrons. The van der Waals surface area contributed by atoms with Crippen LogP contribution < -0.4 is 15.0 Å². The molecule has 2 amide bonds. The topological polar surface area (TPSA) is 130 Å². The first-order valence-electron chi connectivity index (χ1n) is 11.6. The minimum Gasteiger partial charge on any atom is -0.497 e. The first-order valence-corrected chi connectivity index (χ1v) is 14.0. The van der Waals surface area contributed by atoms with Crippen LogP contribution in [0.2, 0.25) is 10.6 Å². The number of hydrogen-bond donors (Lipinski definition) is 2. The van der Waals surface area contributed by atoms with Crippen molar-refractivity contribution < 1.29 is 14.3 Å². The Morgan fingerprint density at radius 3 is 2.38 bits per heavy atom. The monoisotopic (exact) mass is 576 g/mol. The Kier molecular flexibility index (Phi) is 5.33. The fraction of sp³-hybridized carbons (Fsp3) is 0.391. The summed E-state index contributed by atoms with van der Waals surface area (Å²) in [4.78, 5) is 55.0. The van der Waals surface area contributed by atoms with Gasteiger partial charge in [0.15, 0.2) is 0 Å². The molecule has 2 saturated carbocycles. The molecule has 4 aliphatic rings. The van der Waals surface area contributed by atoms with Gasteiger partial charge in [0.2, 0.25) is 16.5 Å².